The summed E-state index contributed by atoms with van der Waals surface area (Å²) in [5.41, 5.74) is 1.02. The van der Waals surface area contributed by atoms with Crippen LogP contribution in [0, 0.1) is 11.3 Å². The Balaban J connectivity index is 0.00000220. The zero-order valence-corrected chi connectivity index (χ0v) is 14.3. The van der Waals surface area contributed by atoms with Gasteiger partial charge in [-0.15, -0.1) is 24.8 Å². The number of hydrogen-bond acceptors (Lipinski definition) is 5. The summed E-state index contributed by atoms with van der Waals surface area (Å²) >= 11 is 0. The van der Waals surface area contributed by atoms with Gasteiger partial charge in [-0.05, 0) is 24.6 Å². The number of benzene rings is 1. The first kappa shape index (κ1) is 20.8. The zero-order valence-electron chi connectivity index (χ0n) is 12.6. The summed E-state index contributed by atoms with van der Waals surface area (Å²) < 4.78 is 5.43. The van der Waals surface area contributed by atoms with Crippen LogP contribution in [-0.2, 0) is 0 Å². The van der Waals surface area contributed by atoms with E-state index in [0.29, 0.717) is 18.8 Å². The molecule has 1 aliphatic rings. The Morgan fingerprint density at radius 3 is 2.64 bits per heavy atom. The van der Waals surface area contributed by atoms with E-state index in [1.54, 1.807) is 6.07 Å². The molecule has 0 spiro atoms. The molecular formula is C15H23Cl2N3O2. The Kier molecular flexibility index (Phi) is 9.95. The van der Waals surface area contributed by atoms with Crippen molar-refractivity contribution in [3.8, 4) is 17.6 Å². The molecule has 1 saturated heterocycles. The molecule has 1 aromatic rings. The van der Waals surface area contributed by atoms with Gasteiger partial charge in [-0.25, -0.2) is 0 Å². The van der Waals surface area contributed by atoms with Gasteiger partial charge >= 0.3 is 0 Å². The van der Waals surface area contributed by atoms with Gasteiger partial charge in [0.25, 0.3) is 0 Å². The second-order valence-electron chi connectivity index (χ2n) is 4.82. The molecule has 0 aromatic heterocycles. The van der Waals surface area contributed by atoms with E-state index < -0.39 is 0 Å². The molecule has 7 heteroatoms. The normalized spacial score (nSPS) is 15.8. The van der Waals surface area contributed by atoms with Crippen molar-refractivity contribution in [1.29, 1.82) is 5.26 Å². The summed E-state index contributed by atoms with van der Waals surface area (Å²) in [6.45, 7) is 6.13. The molecule has 1 atom stereocenters. The van der Waals surface area contributed by atoms with Gasteiger partial charge < -0.3 is 15.2 Å². The van der Waals surface area contributed by atoms with E-state index in [9.17, 15) is 5.11 Å². The van der Waals surface area contributed by atoms with Gasteiger partial charge in [-0.3, -0.25) is 4.90 Å². The van der Waals surface area contributed by atoms with E-state index in [4.69, 9.17) is 10.00 Å². The highest BCUT2D eigenvalue weighted by molar-refractivity contribution is 5.85. The van der Waals surface area contributed by atoms with Crippen LogP contribution in [0.3, 0.4) is 0 Å². The van der Waals surface area contributed by atoms with Gasteiger partial charge in [0.15, 0.2) is 11.5 Å². The van der Waals surface area contributed by atoms with Crippen LogP contribution in [-0.4, -0.2) is 42.8 Å². The van der Waals surface area contributed by atoms with Gasteiger partial charge in [0, 0.05) is 32.2 Å². The molecule has 124 valence electrons. The van der Waals surface area contributed by atoms with Gasteiger partial charge in [0.05, 0.1) is 19.1 Å². The lowest BCUT2D eigenvalue weighted by Crippen LogP contribution is -2.45. The minimum atomic E-state index is 0. The summed E-state index contributed by atoms with van der Waals surface area (Å²) in [5.74, 6) is 0.634. The maximum absolute atomic E-state index is 9.77. The van der Waals surface area contributed by atoms with E-state index in [-0.39, 0.29) is 36.6 Å². The van der Waals surface area contributed by atoms with Crippen LogP contribution in [0.4, 0.5) is 0 Å². The number of piperazine rings is 1. The number of aromatic hydroxyl groups is 1. The van der Waals surface area contributed by atoms with Crippen molar-refractivity contribution < 1.29 is 9.84 Å². The molecule has 2 rings (SSSR count). The van der Waals surface area contributed by atoms with Crippen LogP contribution in [0.2, 0.25) is 0 Å². The number of ether oxygens (including phenoxy) is 1. The molecule has 1 aliphatic heterocycles. The molecule has 0 bridgehead atoms. The van der Waals surface area contributed by atoms with E-state index in [2.05, 4.69) is 16.3 Å². The first-order valence-corrected chi connectivity index (χ1v) is 7.03. The van der Waals surface area contributed by atoms with Gasteiger partial charge in [-0.1, -0.05) is 6.07 Å². The largest absolute Gasteiger partial charge is 0.504 e. The Morgan fingerprint density at radius 2 is 2.05 bits per heavy atom. The zero-order chi connectivity index (χ0) is 14.4. The lowest BCUT2D eigenvalue weighted by Gasteiger charge is -2.34. The number of nitriles is 1. The number of phenols is 1. The number of phenolic OH excluding ortho intramolecular Hbond substituents is 1. The third-order valence-electron chi connectivity index (χ3n) is 3.55. The topological polar surface area (TPSA) is 68.5 Å². The molecule has 0 radical (unpaired) electrons. The molecule has 0 aliphatic carbocycles. The van der Waals surface area contributed by atoms with Crippen molar-refractivity contribution in [1.82, 2.24) is 10.2 Å². The molecule has 0 saturated carbocycles. The van der Waals surface area contributed by atoms with E-state index in [1.807, 2.05) is 19.1 Å². The molecule has 0 amide bonds. The third kappa shape index (κ3) is 5.22. The molecule has 1 heterocycles. The second kappa shape index (κ2) is 10.5. The van der Waals surface area contributed by atoms with Crippen LogP contribution >= 0.6 is 24.8 Å². The van der Waals surface area contributed by atoms with Crippen LogP contribution in [0.5, 0.6) is 11.5 Å². The Morgan fingerprint density at radius 1 is 1.36 bits per heavy atom. The first-order chi connectivity index (χ1) is 9.76. The molecular weight excluding hydrogens is 325 g/mol. The fraction of sp³-hybridized carbons (Fsp3) is 0.533. The molecule has 2 N–H and O–H groups in total. The fourth-order valence-electron chi connectivity index (χ4n) is 2.55. The number of rotatable bonds is 5. The quantitative estimate of drug-likeness (QED) is 0.856. The average molecular weight is 348 g/mol. The predicted octanol–water partition coefficient (Wildman–Crippen LogP) is 2.49. The molecule has 1 aromatic carbocycles. The fourth-order valence-corrected chi connectivity index (χ4v) is 2.55. The Labute approximate surface area is 144 Å². The second-order valence-corrected chi connectivity index (χ2v) is 4.82. The summed E-state index contributed by atoms with van der Waals surface area (Å²) in [6, 6.07) is 7.69. The maximum atomic E-state index is 9.77. The number of hydrogen-bond donors (Lipinski definition) is 2. The molecule has 22 heavy (non-hydrogen) atoms. The standard InChI is InChI=1S/C15H21N3O2.2ClH/c1-2-20-15-11-12(3-4-14(15)19)13(5-6-16)18-9-7-17-8-10-18;;/h3-4,11,13,17,19H,2,5,7-10H2,1H3;2*1H/t13-;;/m1../s1. The smallest absolute Gasteiger partial charge is 0.161 e. The molecule has 0 unspecified atom stereocenters. The summed E-state index contributed by atoms with van der Waals surface area (Å²) in [6.07, 6.45) is 0.441. The van der Waals surface area contributed by atoms with E-state index in [0.717, 1.165) is 31.7 Å². The van der Waals surface area contributed by atoms with Crippen molar-refractivity contribution in [2.45, 2.75) is 19.4 Å². The van der Waals surface area contributed by atoms with Crippen LogP contribution < -0.4 is 10.1 Å². The minimum Gasteiger partial charge on any atom is -0.504 e. The number of halogens is 2. The van der Waals surface area contributed by atoms with E-state index in [1.165, 1.54) is 0 Å². The molecule has 1 fully saturated rings. The third-order valence-corrected chi connectivity index (χ3v) is 3.55. The van der Waals surface area contributed by atoms with Crippen molar-refractivity contribution in [3.05, 3.63) is 23.8 Å². The predicted molar refractivity (Wildman–Crippen MR) is 91.2 cm³/mol. The SMILES string of the molecule is CCOc1cc([C@@H](CC#N)N2CCNCC2)ccc1O.Cl.Cl. The summed E-state index contributed by atoms with van der Waals surface area (Å²) in [5, 5.41) is 22.2. The highest BCUT2D eigenvalue weighted by atomic mass is 35.5. The Hall–Kier alpha value is -1.19. The maximum Gasteiger partial charge on any atom is 0.161 e. The summed E-state index contributed by atoms with van der Waals surface area (Å²) in [4.78, 5) is 2.31. The summed E-state index contributed by atoms with van der Waals surface area (Å²) in [7, 11) is 0. The van der Waals surface area contributed by atoms with E-state index >= 15 is 0 Å². The van der Waals surface area contributed by atoms with Crippen molar-refractivity contribution >= 4 is 24.8 Å². The van der Waals surface area contributed by atoms with Crippen molar-refractivity contribution in [2.24, 2.45) is 0 Å². The monoisotopic (exact) mass is 347 g/mol. The highest BCUT2D eigenvalue weighted by Crippen LogP contribution is 2.32. The average Bonchev–Trinajstić information content (AvgIpc) is 2.48. The molecule has 5 nitrogen and oxygen atoms in total. The van der Waals surface area contributed by atoms with Gasteiger partial charge in [0.2, 0.25) is 0 Å². The number of nitrogens with zero attached hydrogens (tertiary/aromatic N) is 2. The lowest BCUT2D eigenvalue weighted by atomic mass is 10.0. The number of nitrogens with one attached hydrogen (secondary N) is 1. The highest BCUT2D eigenvalue weighted by Gasteiger charge is 2.22. The first-order valence-electron chi connectivity index (χ1n) is 7.03. The van der Waals surface area contributed by atoms with Gasteiger partial charge in [0.1, 0.15) is 0 Å². The van der Waals surface area contributed by atoms with Gasteiger partial charge in [-0.2, -0.15) is 5.26 Å². The van der Waals surface area contributed by atoms with Crippen LogP contribution in [0.1, 0.15) is 24.9 Å². The van der Waals surface area contributed by atoms with Crippen molar-refractivity contribution in [2.75, 3.05) is 32.8 Å². The van der Waals surface area contributed by atoms with Crippen molar-refractivity contribution in [3.63, 3.8) is 0 Å². The minimum absolute atomic E-state index is 0. The Bertz CT molecular complexity index is 488. The van der Waals surface area contributed by atoms with Crippen LogP contribution in [0.15, 0.2) is 18.2 Å². The van der Waals surface area contributed by atoms with Crippen LogP contribution in [0.25, 0.3) is 0 Å². The lowest BCUT2D eigenvalue weighted by molar-refractivity contribution is 0.175.